The quantitative estimate of drug-likeness (QED) is 0.385. The van der Waals surface area contributed by atoms with Gasteiger partial charge in [-0.1, -0.05) is 30.3 Å². The highest BCUT2D eigenvalue weighted by atomic mass is 32.1. The van der Waals surface area contributed by atoms with E-state index in [1.54, 1.807) is 18.2 Å². The highest BCUT2D eigenvalue weighted by molar-refractivity contribution is 7.15. The molecule has 1 saturated heterocycles. The number of halogens is 3. The van der Waals surface area contributed by atoms with E-state index < -0.39 is 11.7 Å². The number of hydrogen-bond acceptors (Lipinski definition) is 6. The Bertz CT molecular complexity index is 1210. The number of aliphatic hydroxyl groups is 1. The first-order valence-electron chi connectivity index (χ1n) is 12.8. The van der Waals surface area contributed by atoms with Gasteiger partial charge in [0.25, 0.3) is 0 Å². The molecule has 2 aliphatic heterocycles. The van der Waals surface area contributed by atoms with Crippen molar-refractivity contribution in [3.8, 4) is 27.4 Å². The number of hydrogen-bond donors (Lipinski definition) is 2. The summed E-state index contributed by atoms with van der Waals surface area (Å²) in [6, 6.07) is 10.0. The summed E-state index contributed by atoms with van der Waals surface area (Å²) in [5.74, 6) is 0.598. The summed E-state index contributed by atoms with van der Waals surface area (Å²) in [5.41, 5.74) is 1.72. The summed E-state index contributed by atoms with van der Waals surface area (Å²) in [6.45, 7) is 6.36. The number of benzene rings is 2. The second-order valence-corrected chi connectivity index (χ2v) is 10.8. The van der Waals surface area contributed by atoms with E-state index in [9.17, 15) is 18.3 Å². The predicted octanol–water partition coefficient (Wildman–Crippen LogP) is 5.68. The number of nitrogens with zero attached hydrogens (tertiary/aromatic N) is 2. The lowest BCUT2D eigenvalue weighted by molar-refractivity contribution is -0.136. The van der Waals surface area contributed by atoms with E-state index in [4.69, 9.17) is 4.74 Å². The molecule has 1 aromatic heterocycles. The summed E-state index contributed by atoms with van der Waals surface area (Å²) in [4.78, 5) is 7.92. The highest BCUT2D eigenvalue weighted by Crippen LogP contribution is 2.46. The zero-order valence-electron chi connectivity index (χ0n) is 20.9. The molecule has 2 aromatic carbocycles. The number of nitrogens with one attached hydrogen (secondary N) is 1. The molecule has 0 aliphatic carbocycles. The van der Waals surface area contributed by atoms with Crippen LogP contribution in [0, 0.1) is 6.92 Å². The molecular weight excluding hydrogens is 499 g/mol. The molecule has 0 amide bonds. The van der Waals surface area contributed by atoms with Gasteiger partial charge in [0.05, 0.1) is 24.0 Å². The van der Waals surface area contributed by atoms with Gasteiger partial charge in [-0.2, -0.15) is 13.2 Å². The number of piperidine rings is 1. The van der Waals surface area contributed by atoms with Crippen LogP contribution in [0.5, 0.6) is 5.75 Å². The smallest absolute Gasteiger partial charge is 0.417 e. The Balaban J connectivity index is 1.39. The molecule has 37 heavy (non-hydrogen) atoms. The summed E-state index contributed by atoms with van der Waals surface area (Å²) < 4.78 is 49.7. The lowest BCUT2D eigenvalue weighted by Crippen LogP contribution is -2.36. The Kier molecular flexibility index (Phi) is 7.85. The van der Waals surface area contributed by atoms with Gasteiger partial charge in [-0.25, -0.2) is 4.98 Å². The van der Waals surface area contributed by atoms with Crippen LogP contribution in [0.25, 0.3) is 21.7 Å². The summed E-state index contributed by atoms with van der Waals surface area (Å²) in [5, 5.41) is 13.3. The van der Waals surface area contributed by atoms with Crippen LogP contribution >= 0.6 is 11.3 Å². The number of thiazole rings is 1. The number of aliphatic hydroxyl groups excluding tert-OH is 1. The third kappa shape index (κ3) is 5.85. The van der Waals surface area contributed by atoms with Crippen molar-refractivity contribution < 1.29 is 23.0 Å². The third-order valence-corrected chi connectivity index (χ3v) is 8.32. The van der Waals surface area contributed by atoms with E-state index in [2.05, 4.69) is 15.2 Å². The monoisotopic (exact) mass is 531 g/mol. The maximum absolute atomic E-state index is 14.6. The van der Waals surface area contributed by atoms with Crippen molar-refractivity contribution in [3.63, 3.8) is 0 Å². The van der Waals surface area contributed by atoms with E-state index >= 15 is 0 Å². The van der Waals surface area contributed by atoms with Gasteiger partial charge in [0.2, 0.25) is 0 Å². The van der Waals surface area contributed by atoms with Crippen LogP contribution in [0.15, 0.2) is 36.4 Å². The summed E-state index contributed by atoms with van der Waals surface area (Å²) in [6.07, 6.45) is -1.61. The van der Waals surface area contributed by atoms with Gasteiger partial charge in [-0.15, -0.1) is 11.3 Å². The third-order valence-electron chi connectivity index (χ3n) is 7.19. The Morgan fingerprint density at radius 1 is 1.11 bits per heavy atom. The van der Waals surface area contributed by atoms with Gasteiger partial charge in [-0.05, 0) is 48.9 Å². The molecule has 2 aliphatic rings. The van der Waals surface area contributed by atoms with Gasteiger partial charge < -0.3 is 20.1 Å². The summed E-state index contributed by atoms with van der Waals surface area (Å²) in [7, 11) is 0. The zero-order chi connectivity index (χ0) is 26.0. The molecule has 198 valence electrons. The zero-order valence-corrected chi connectivity index (χ0v) is 21.7. The minimum Gasteiger partial charge on any atom is -0.493 e. The normalized spacial score (nSPS) is 17.1. The number of likely N-dealkylation sites (tertiary alicyclic amines) is 1. The number of aromatic nitrogens is 1. The molecule has 0 unspecified atom stereocenters. The lowest BCUT2D eigenvalue weighted by Gasteiger charge is -2.29. The van der Waals surface area contributed by atoms with Crippen molar-refractivity contribution in [1.29, 1.82) is 0 Å². The highest BCUT2D eigenvalue weighted by Gasteiger charge is 2.38. The van der Waals surface area contributed by atoms with Gasteiger partial charge in [-0.3, -0.25) is 0 Å². The maximum Gasteiger partial charge on any atom is 0.417 e. The van der Waals surface area contributed by atoms with Gasteiger partial charge >= 0.3 is 6.18 Å². The predicted molar refractivity (Wildman–Crippen MR) is 140 cm³/mol. The fourth-order valence-electron chi connectivity index (χ4n) is 5.18. The Morgan fingerprint density at radius 3 is 2.59 bits per heavy atom. The number of alkyl halides is 3. The topological polar surface area (TPSA) is 57.6 Å². The lowest BCUT2D eigenvalue weighted by atomic mass is 9.92. The molecular formula is C28H32F3N3O2S. The molecule has 3 aromatic rings. The van der Waals surface area contributed by atoms with Crippen molar-refractivity contribution in [2.45, 2.75) is 51.4 Å². The van der Waals surface area contributed by atoms with Crippen LogP contribution in [-0.4, -0.2) is 53.9 Å². The van der Waals surface area contributed by atoms with E-state index in [0.29, 0.717) is 35.0 Å². The van der Waals surface area contributed by atoms with Gasteiger partial charge in [0.15, 0.2) is 0 Å². The average molecular weight is 532 g/mol. The second-order valence-electron chi connectivity index (χ2n) is 9.75. The molecule has 0 bridgehead atoms. The van der Waals surface area contributed by atoms with Crippen molar-refractivity contribution >= 4 is 11.3 Å². The first-order valence-corrected chi connectivity index (χ1v) is 13.7. The van der Waals surface area contributed by atoms with Crippen LogP contribution in [0.4, 0.5) is 13.2 Å². The second kappa shape index (κ2) is 11.1. The van der Waals surface area contributed by atoms with Crippen LogP contribution in [0.2, 0.25) is 0 Å². The van der Waals surface area contributed by atoms with Gasteiger partial charge in [0.1, 0.15) is 10.8 Å². The Labute approximate surface area is 219 Å². The molecule has 0 spiro atoms. The first-order chi connectivity index (χ1) is 17.8. The van der Waals surface area contributed by atoms with Crippen LogP contribution < -0.4 is 10.1 Å². The first kappa shape index (κ1) is 26.2. The van der Waals surface area contributed by atoms with E-state index in [0.717, 1.165) is 62.4 Å². The van der Waals surface area contributed by atoms with Crippen molar-refractivity contribution in [1.82, 2.24) is 15.2 Å². The molecule has 0 saturated carbocycles. The fraction of sp³-hybridized carbons (Fsp3) is 0.464. The molecule has 5 rings (SSSR count). The van der Waals surface area contributed by atoms with Gasteiger partial charge in [0, 0.05) is 49.6 Å². The fourth-order valence-corrected chi connectivity index (χ4v) is 6.29. The molecule has 3 heterocycles. The van der Waals surface area contributed by atoms with E-state index in [-0.39, 0.29) is 17.2 Å². The number of fused-ring (bicyclic) bond motifs is 1. The molecule has 2 N–H and O–H groups in total. The maximum atomic E-state index is 14.6. The largest absolute Gasteiger partial charge is 0.493 e. The minimum absolute atomic E-state index is 0.127. The summed E-state index contributed by atoms with van der Waals surface area (Å²) >= 11 is 1.34. The number of rotatable bonds is 7. The van der Waals surface area contributed by atoms with Crippen molar-refractivity contribution in [3.05, 3.63) is 58.1 Å². The SMILES string of the molecule is Cc1c(OCCCN2CCC(O)CC2)cccc1-c1cccc(-c2nc3c(s2)CNCC3)c1C(F)(F)F. The van der Waals surface area contributed by atoms with Crippen molar-refractivity contribution in [2.24, 2.45) is 0 Å². The van der Waals surface area contributed by atoms with Crippen LogP contribution in [-0.2, 0) is 19.1 Å². The van der Waals surface area contributed by atoms with Crippen LogP contribution in [0.1, 0.15) is 41.0 Å². The molecule has 0 atom stereocenters. The minimum atomic E-state index is -4.54. The van der Waals surface area contributed by atoms with Crippen molar-refractivity contribution in [2.75, 3.05) is 32.8 Å². The molecule has 1 fully saturated rings. The molecule has 9 heteroatoms. The average Bonchev–Trinajstić information content (AvgIpc) is 3.32. The van der Waals surface area contributed by atoms with E-state index in [1.807, 2.05) is 13.0 Å². The molecule has 0 radical (unpaired) electrons. The standard InChI is InChI=1S/C28H32F3N3O2S/c1-18-20(5-3-8-24(18)36-16-4-13-34-14-10-19(35)11-15-34)21-6-2-7-22(26(21)28(29,30)31)27-33-23-9-12-32-17-25(23)37-27/h2-3,5-8,19,32,35H,4,9-17H2,1H3. The van der Waals surface area contributed by atoms with E-state index in [1.165, 1.54) is 23.5 Å². The number of ether oxygens (including phenoxy) is 1. The Morgan fingerprint density at radius 2 is 1.84 bits per heavy atom. The van der Waals surface area contributed by atoms with Crippen LogP contribution in [0.3, 0.4) is 0 Å². The molecule has 5 nitrogen and oxygen atoms in total. The Hall–Kier alpha value is -2.46.